The first-order valence-electron chi connectivity index (χ1n) is 3.69. The summed E-state index contributed by atoms with van der Waals surface area (Å²) in [7, 11) is -3.42. The second-order valence-corrected chi connectivity index (χ2v) is 4.99. The number of rotatable bonds is 6. The molecular formula is C6H13ClN2O3S. The zero-order valence-electron chi connectivity index (χ0n) is 7.29. The molecule has 5 nitrogen and oxygen atoms in total. The van der Waals surface area contributed by atoms with E-state index in [9.17, 15) is 13.2 Å². The summed E-state index contributed by atoms with van der Waals surface area (Å²) < 4.78 is 24.3. The van der Waals surface area contributed by atoms with Crippen molar-refractivity contribution in [3.05, 3.63) is 0 Å². The van der Waals surface area contributed by atoms with E-state index in [0.717, 1.165) is 0 Å². The van der Waals surface area contributed by atoms with Crippen LogP contribution in [0, 0.1) is 5.92 Å². The summed E-state index contributed by atoms with van der Waals surface area (Å²) in [5.41, 5.74) is 4.77. The predicted octanol–water partition coefficient (Wildman–Crippen LogP) is -0.734. The molecule has 0 aromatic rings. The first-order chi connectivity index (χ1) is 5.87. The summed E-state index contributed by atoms with van der Waals surface area (Å²) >= 11 is 5.44. The Kier molecular flexibility index (Phi) is 5.27. The van der Waals surface area contributed by atoms with Crippen LogP contribution in [0.1, 0.15) is 6.92 Å². The van der Waals surface area contributed by atoms with E-state index in [0.29, 0.717) is 0 Å². The van der Waals surface area contributed by atoms with E-state index in [2.05, 4.69) is 4.72 Å². The van der Waals surface area contributed by atoms with Crippen LogP contribution in [-0.2, 0) is 14.8 Å². The highest BCUT2D eigenvalue weighted by molar-refractivity contribution is 7.89. The number of sulfonamides is 1. The summed E-state index contributed by atoms with van der Waals surface area (Å²) in [6.45, 7) is 1.34. The number of amides is 1. The van der Waals surface area contributed by atoms with Crippen molar-refractivity contribution in [3.8, 4) is 0 Å². The van der Waals surface area contributed by atoms with Crippen LogP contribution in [0.3, 0.4) is 0 Å². The van der Waals surface area contributed by atoms with Crippen LogP contribution < -0.4 is 10.5 Å². The lowest BCUT2D eigenvalue weighted by molar-refractivity contribution is -0.116. The fourth-order valence-electron chi connectivity index (χ4n) is 0.659. The Morgan fingerprint density at radius 2 is 2.15 bits per heavy atom. The van der Waals surface area contributed by atoms with Crippen LogP contribution in [0.4, 0.5) is 0 Å². The highest BCUT2D eigenvalue weighted by Crippen LogP contribution is 2.01. The Bertz CT molecular complexity index is 265. The van der Waals surface area contributed by atoms with Gasteiger partial charge >= 0.3 is 0 Å². The number of carbonyl (C=O) groups excluding carboxylic acids is 1. The molecule has 0 fully saturated rings. The van der Waals surface area contributed by atoms with Gasteiger partial charge in [0, 0.05) is 5.88 Å². The lowest BCUT2D eigenvalue weighted by Crippen LogP contribution is -2.36. The number of hydrogen-bond donors (Lipinski definition) is 2. The molecule has 7 heteroatoms. The van der Waals surface area contributed by atoms with Gasteiger partial charge in [-0.15, -0.1) is 11.6 Å². The van der Waals surface area contributed by atoms with Gasteiger partial charge < -0.3 is 5.73 Å². The molecule has 1 atom stereocenters. The molecule has 0 radical (unpaired) electrons. The van der Waals surface area contributed by atoms with Crippen molar-refractivity contribution >= 4 is 27.5 Å². The second-order valence-electron chi connectivity index (χ2n) is 2.83. The van der Waals surface area contributed by atoms with Gasteiger partial charge in [-0.25, -0.2) is 13.1 Å². The van der Waals surface area contributed by atoms with Crippen molar-refractivity contribution in [1.82, 2.24) is 4.72 Å². The smallest absolute Gasteiger partial charge is 0.232 e. The molecule has 0 spiro atoms. The average Bonchev–Trinajstić information content (AvgIpc) is 2.00. The summed E-state index contributed by atoms with van der Waals surface area (Å²) in [5, 5.41) is 0. The normalized spacial score (nSPS) is 14.0. The maximum Gasteiger partial charge on any atom is 0.232 e. The van der Waals surface area contributed by atoms with Crippen molar-refractivity contribution in [2.45, 2.75) is 6.92 Å². The monoisotopic (exact) mass is 228 g/mol. The van der Waals surface area contributed by atoms with Crippen molar-refractivity contribution in [1.29, 1.82) is 0 Å². The van der Waals surface area contributed by atoms with E-state index in [-0.39, 0.29) is 24.1 Å². The number of carbonyl (C=O) groups is 1. The van der Waals surface area contributed by atoms with E-state index < -0.39 is 15.9 Å². The predicted molar refractivity (Wildman–Crippen MR) is 50.9 cm³/mol. The van der Waals surface area contributed by atoms with Crippen LogP contribution in [0.15, 0.2) is 0 Å². The third-order valence-electron chi connectivity index (χ3n) is 1.23. The number of hydrogen-bond acceptors (Lipinski definition) is 3. The van der Waals surface area contributed by atoms with Crippen LogP contribution >= 0.6 is 11.6 Å². The summed E-state index contributed by atoms with van der Waals surface area (Å²) in [5.74, 6) is -0.685. The fraction of sp³-hybridized carbons (Fsp3) is 0.833. The lowest BCUT2D eigenvalue weighted by Gasteiger charge is -2.08. The first-order valence-corrected chi connectivity index (χ1v) is 5.87. The number of primary amides is 1. The largest absolute Gasteiger partial charge is 0.369 e. The molecule has 0 aromatic heterocycles. The molecular weight excluding hydrogens is 216 g/mol. The summed E-state index contributed by atoms with van der Waals surface area (Å²) in [4.78, 5) is 10.3. The van der Waals surface area contributed by atoms with Gasteiger partial charge in [0.2, 0.25) is 15.9 Å². The minimum absolute atomic E-state index is 0.0935. The second kappa shape index (κ2) is 5.41. The topological polar surface area (TPSA) is 89.3 Å². The average molecular weight is 229 g/mol. The Morgan fingerprint density at radius 3 is 2.54 bits per heavy atom. The maximum atomic E-state index is 11.1. The SMILES string of the molecule is CC(CCl)CS(=O)(=O)NCC(N)=O. The van der Waals surface area contributed by atoms with Gasteiger partial charge in [-0.2, -0.15) is 0 Å². The zero-order valence-corrected chi connectivity index (χ0v) is 8.86. The summed E-state index contributed by atoms with van der Waals surface area (Å²) in [6.07, 6.45) is 0. The Labute approximate surface area is 82.7 Å². The number of halogens is 1. The third kappa shape index (κ3) is 6.80. The molecule has 0 saturated heterocycles. The van der Waals surface area contributed by atoms with Crippen molar-refractivity contribution in [3.63, 3.8) is 0 Å². The zero-order chi connectivity index (χ0) is 10.5. The quantitative estimate of drug-likeness (QED) is 0.588. The summed E-state index contributed by atoms with van der Waals surface area (Å²) in [6, 6.07) is 0. The maximum absolute atomic E-state index is 11.1. The van der Waals surface area contributed by atoms with E-state index in [1.54, 1.807) is 6.92 Å². The van der Waals surface area contributed by atoms with Gasteiger partial charge in [0.1, 0.15) is 0 Å². The van der Waals surface area contributed by atoms with Crippen molar-refractivity contribution in [2.75, 3.05) is 18.2 Å². The van der Waals surface area contributed by atoms with Gasteiger partial charge in [-0.1, -0.05) is 6.92 Å². The van der Waals surface area contributed by atoms with E-state index in [1.807, 2.05) is 0 Å². The molecule has 1 amide bonds. The molecule has 78 valence electrons. The van der Waals surface area contributed by atoms with E-state index in [1.165, 1.54) is 0 Å². The van der Waals surface area contributed by atoms with Crippen LogP contribution in [-0.4, -0.2) is 32.5 Å². The molecule has 0 bridgehead atoms. The number of nitrogens with two attached hydrogens (primary N) is 1. The Hall–Kier alpha value is -0.330. The fourth-order valence-corrected chi connectivity index (χ4v) is 2.24. The van der Waals surface area contributed by atoms with E-state index >= 15 is 0 Å². The standard InChI is InChI=1S/C6H13ClN2O3S/c1-5(2-7)4-13(11,12)9-3-6(8)10/h5,9H,2-4H2,1H3,(H2,8,10). The molecule has 0 aliphatic heterocycles. The van der Waals surface area contributed by atoms with Gasteiger partial charge in [0.05, 0.1) is 12.3 Å². The van der Waals surface area contributed by atoms with E-state index in [4.69, 9.17) is 17.3 Å². The molecule has 0 saturated carbocycles. The molecule has 0 aliphatic carbocycles. The molecule has 3 N–H and O–H groups in total. The Morgan fingerprint density at radius 1 is 1.62 bits per heavy atom. The lowest BCUT2D eigenvalue weighted by atomic mass is 10.3. The van der Waals surface area contributed by atoms with Crippen LogP contribution in [0.25, 0.3) is 0 Å². The molecule has 1 unspecified atom stereocenters. The van der Waals surface area contributed by atoms with Gasteiger partial charge in [-0.3, -0.25) is 4.79 Å². The minimum atomic E-state index is -3.42. The first kappa shape index (κ1) is 12.7. The van der Waals surface area contributed by atoms with Gasteiger partial charge in [0.25, 0.3) is 0 Å². The number of alkyl halides is 1. The highest BCUT2D eigenvalue weighted by atomic mass is 35.5. The Balaban J connectivity index is 4.02. The third-order valence-corrected chi connectivity index (χ3v) is 3.35. The van der Waals surface area contributed by atoms with Gasteiger partial charge in [0.15, 0.2) is 0 Å². The van der Waals surface area contributed by atoms with Crippen LogP contribution in [0.2, 0.25) is 0 Å². The van der Waals surface area contributed by atoms with Crippen molar-refractivity contribution in [2.24, 2.45) is 11.7 Å². The van der Waals surface area contributed by atoms with Crippen molar-refractivity contribution < 1.29 is 13.2 Å². The highest BCUT2D eigenvalue weighted by Gasteiger charge is 2.14. The molecule has 0 aliphatic rings. The molecule has 0 heterocycles. The van der Waals surface area contributed by atoms with Crippen LogP contribution in [0.5, 0.6) is 0 Å². The molecule has 0 aromatic carbocycles. The minimum Gasteiger partial charge on any atom is -0.369 e. The molecule has 0 rings (SSSR count). The van der Waals surface area contributed by atoms with Gasteiger partial charge in [-0.05, 0) is 5.92 Å². The molecule has 13 heavy (non-hydrogen) atoms. The number of nitrogens with one attached hydrogen (secondary N) is 1.